The molecule has 2 aliphatic heterocycles. The Hall–Kier alpha value is -3.23. The number of rotatable bonds is 2. The van der Waals surface area contributed by atoms with Gasteiger partial charge in [-0.1, -0.05) is 6.07 Å². The zero-order chi connectivity index (χ0) is 21.0. The third-order valence-corrected chi connectivity index (χ3v) is 5.12. The molecule has 1 fully saturated rings. The van der Waals surface area contributed by atoms with Crippen LogP contribution in [0.15, 0.2) is 42.5 Å². The van der Waals surface area contributed by atoms with E-state index in [1.165, 1.54) is 30.2 Å². The van der Waals surface area contributed by atoms with Gasteiger partial charge in [-0.15, -0.1) is 0 Å². The van der Waals surface area contributed by atoms with Crippen LogP contribution in [0.25, 0.3) is 0 Å². The van der Waals surface area contributed by atoms with Gasteiger partial charge < -0.3 is 14.8 Å². The molecule has 0 aliphatic carbocycles. The summed E-state index contributed by atoms with van der Waals surface area (Å²) >= 11 is 0. The van der Waals surface area contributed by atoms with E-state index in [0.29, 0.717) is 16.9 Å². The highest BCUT2D eigenvalue weighted by Crippen LogP contribution is 2.46. The molecular formula is C20H17F3N2O4. The number of nitrogens with zero attached hydrogens (tertiary/aromatic N) is 1. The number of ether oxygens (including phenoxy) is 2. The molecule has 0 radical (unpaired) electrons. The molecule has 2 aromatic rings. The van der Waals surface area contributed by atoms with Gasteiger partial charge >= 0.3 is 18.2 Å². The number of urea groups is 1. The lowest BCUT2D eigenvalue weighted by Crippen LogP contribution is -2.65. The van der Waals surface area contributed by atoms with Crippen LogP contribution in [0, 0.1) is 0 Å². The van der Waals surface area contributed by atoms with Crippen molar-refractivity contribution in [3.8, 4) is 5.75 Å². The van der Waals surface area contributed by atoms with Gasteiger partial charge in [0, 0.05) is 12.0 Å². The van der Waals surface area contributed by atoms with Gasteiger partial charge in [0.05, 0.1) is 30.0 Å². The van der Waals surface area contributed by atoms with Crippen molar-refractivity contribution < 1.29 is 32.2 Å². The second-order valence-electron chi connectivity index (χ2n) is 7.11. The number of nitrogens with one attached hydrogen (secondary N) is 1. The zero-order valence-corrected chi connectivity index (χ0v) is 15.5. The number of carbonyl (C=O) groups is 2. The second kappa shape index (κ2) is 6.40. The predicted molar refractivity (Wildman–Crippen MR) is 96.6 cm³/mol. The molecule has 152 valence electrons. The van der Waals surface area contributed by atoms with Crippen molar-refractivity contribution >= 4 is 17.7 Å². The SMILES string of the molecule is COC(=O)c1ccc2c(c1)[C@@H]1C[C@@](C)(O2)N(c2cccc(C(F)(F)F)c2)C(=O)N1. The average Bonchev–Trinajstić information content (AvgIpc) is 2.66. The third-order valence-electron chi connectivity index (χ3n) is 5.12. The number of hydrogen-bond acceptors (Lipinski definition) is 4. The lowest BCUT2D eigenvalue weighted by Gasteiger charge is -2.50. The molecule has 0 saturated carbocycles. The summed E-state index contributed by atoms with van der Waals surface area (Å²) in [6, 6.07) is 8.22. The maximum absolute atomic E-state index is 13.1. The van der Waals surface area contributed by atoms with Crippen molar-refractivity contribution in [2.24, 2.45) is 0 Å². The van der Waals surface area contributed by atoms with Crippen LogP contribution in [0.4, 0.5) is 23.7 Å². The van der Waals surface area contributed by atoms with E-state index >= 15 is 0 Å². The van der Waals surface area contributed by atoms with Crippen molar-refractivity contribution in [1.82, 2.24) is 5.32 Å². The second-order valence-corrected chi connectivity index (χ2v) is 7.11. The number of benzene rings is 2. The molecule has 6 nitrogen and oxygen atoms in total. The van der Waals surface area contributed by atoms with Crippen molar-refractivity contribution in [2.75, 3.05) is 12.0 Å². The Morgan fingerprint density at radius 3 is 2.72 bits per heavy atom. The van der Waals surface area contributed by atoms with Crippen LogP contribution < -0.4 is 15.0 Å². The van der Waals surface area contributed by atoms with Gasteiger partial charge in [0.2, 0.25) is 0 Å². The standard InChI is InChI=1S/C20H17F3N2O4/c1-19-10-15(14-8-11(17(26)28-2)6-7-16(14)29-19)24-18(27)25(19)13-5-3-4-12(9-13)20(21,22)23/h3-9,15H,10H2,1-2H3,(H,24,27)/t15-,19+/m0/s1. The van der Waals surface area contributed by atoms with Crippen LogP contribution in [0.1, 0.15) is 40.9 Å². The summed E-state index contributed by atoms with van der Waals surface area (Å²) in [6.07, 6.45) is -4.25. The minimum Gasteiger partial charge on any atom is -0.467 e. The van der Waals surface area contributed by atoms with Gasteiger partial charge in [-0.05, 0) is 43.3 Å². The summed E-state index contributed by atoms with van der Waals surface area (Å²) in [7, 11) is 1.27. The maximum Gasteiger partial charge on any atom is 0.416 e. The highest BCUT2D eigenvalue weighted by molar-refractivity contribution is 5.95. The first-order chi connectivity index (χ1) is 13.6. The smallest absolute Gasteiger partial charge is 0.416 e. The molecule has 2 aromatic carbocycles. The molecule has 2 atom stereocenters. The van der Waals surface area contributed by atoms with E-state index in [4.69, 9.17) is 9.47 Å². The molecule has 9 heteroatoms. The van der Waals surface area contributed by atoms with Crippen molar-refractivity contribution in [3.05, 3.63) is 59.2 Å². The largest absolute Gasteiger partial charge is 0.467 e. The molecule has 0 aromatic heterocycles. The minimum absolute atomic E-state index is 0.0768. The highest BCUT2D eigenvalue weighted by Gasteiger charge is 2.50. The summed E-state index contributed by atoms with van der Waals surface area (Å²) in [5.41, 5.74) is -1.05. The third kappa shape index (κ3) is 3.16. The molecule has 0 unspecified atom stereocenters. The van der Waals surface area contributed by atoms with E-state index in [1.54, 1.807) is 19.1 Å². The molecule has 1 N–H and O–H groups in total. The van der Waals surface area contributed by atoms with E-state index in [1.807, 2.05) is 0 Å². The number of alkyl halides is 3. The number of halogens is 3. The van der Waals surface area contributed by atoms with Crippen molar-refractivity contribution in [2.45, 2.75) is 31.3 Å². The molecule has 2 heterocycles. The Bertz CT molecular complexity index is 1010. The van der Waals surface area contributed by atoms with Crippen molar-refractivity contribution in [3.63, 3.8) is 0 Å². The van der Waals surface area contributed by atoms with Gasteiger partial charge in [-0.2, -0.15) is 13.2 Å². The van der Waals surface area contributed by atoms with Gasteiger partial charge in [0.25, 0.3) is 0 Å². The van der Waals surface area contributed by atoms with Crippen LogP contribution >= 0.6 is 0 Å². The monoisotopic (exact) mass is 406 g/mol. The first-order valence-corrected chi connectivity index (χ1v) is 8.82. The summed E-state index contributed by atoms with van der Waals surface area (Å²) in [5.74, 6) is -0.0813. The molecular weight excluding hydrogens is 389 g/mol. The Morgan fingerprint density at radius 1 is 1.28 bits per heavy atom. The zero-order valence-electron chi connectivity index (χ0n) is 15.5. The normalized spacial score (nSPS) is 23.0. The Labute approximate surface area is 164 Å². The first kappa shape index (κ1) is 19.1. The number of methoxy groups -OCH3 is 1. The molecule has 2 amide bonds. The van der Waals surface area contributed by atoms with E-state index in [9.17, 15) is 22.8 Å². The summed E-state index contributed by atoms with van der Waals surface area (Å²) < 4.78 is 50.1. The molecule has 0 spiro atoms. The van der Waals surface area contributed by atoms with Crippen LogP contribution in [-0.4, -0.2) is 24.8 Å². The van der Waals surface area contributed by atoms with E-state index in [2.05, 4.69) is 5.32 Å². The fourth-order valence-corrected chi connectivity index (χ4v) is 3.83. The number of amides is 2. The van der Waals surface area contributed by atoms with Crippen LogP contribution in [-0.2, 0) is 10.9 Å². The molecule has 2 aliphatic rings. The van der Waals surface area contributed by atoms with Gasteiger partial charge in [0.1, 0.15) is 5.75 Å². The topological polar surface area (TPSA) is 67.9 Å². The van der Waals surface area contributed by atoms with Gasteiger partial charge in [-0.25, -0.2) is 9.59 Å². The maximum atomic E-state index is 13.1. The minimum atomic E-state index is -4.53. The lowest BCUT2D eigenvalue weighted by molar-refractivity contribution is -0.137. The highest BCUT2D eigenvalue weighted by atomic mass is 19.4. The quantitative estimate of drug-likeness (QED) is 0.757. The average molecular weight is 406 g/mol. The molecule has 29 heavy (non-hydrogen) atoms. The number of anilines is 1. The molecule has 2 bridgehead atoms. The fourth-order valence-electron chi connectivity index (χ4n) is 3.83. The first-order valence-electron chi connectivity index (χ1n) is 8.82. The van der Waals surface area contributed by atoms with Crippen LogP contribution in [0.3, 0.4) is 0 Å². The fraction of sp³-hybridized carbons (Fsp3) is 0.300. The summed E-state index contributed by atoms with van der Waals surface area (Å²) in [6.45, 7) is 1.65. The number of hydrogen-bond donors (Lipinski definition) is 1. The summed E-state index contributed by atoms with van der Waals surface area (Å²) in [4.78, 5) is 25.8. The number of fused-ring (bicyclic) bond motifs is 4. The van der Waals surface area contributed by atoms with Crippen LogP contribution in [0.5, 0.6) is 5.75 Å². The Morgan fingerprint density at radius 2 is 2.03 bits per heavy atom. The van der Waals surface area contributed by atoms with E-state index in [-0.39, 0.29) is 12.1 Å². The van der Waals surface area contributed by atoms with Gasteiger partial charge in [-0.3, -0.25) is 4.90 Å². The number of esters is 1. The Kier molecular flexibility index (Phi) is 4.21. The lowest BCUT2D eigenvalue weighted by atomic mass is 9.89. The molecule has 1 saturated heterocycles. The number of carbonyl (C=O) groups excluding carboxylic acids is 2. The van der Waals surface area contributed by atoms with Gasteiger partial charge in [0.15, 0.2) is 5.72 Å². The van der Waals surface area contributed by atoms with E-state index < -0.39 is 35.5 Å². The summed E-state index contributed by atoms with van der Waals surface area (Å²) in [5, 5.41) is 2.79. The van der Waals surface area contributed by atoms with Crippen LogP contribution in [0.2, 0.25) is 0 Å². The van der Waals surface area contributed by atoms with E-state index in [0.717, 1.165) is 12.1 Å². The Balaban J connectivity index is 1.74. The molecule has 4 rings (SSSR count). The van der Waals surface area contributed by atoms with Crippen molar-refractivity contribution in [1.29, 1.82) is 0 Å². The predicted octanol–water partition coefficient (Wildman–Crippen LogP) is 4.26.